The van der Waals surface area contributed by atoms with Crippen molar-refractivity contribution in [2.45, 2.75) is 29.5 Å². The van der Waals surface area contributed by atoms with Crippen molar-refractivity contribution in [3.8, 4) is 0 Å². The molecule has 22 heavy (non-hydrogen) atoms. The molecule has 0 aliphatic carbocycles. The molecule has 0 spiro atoms. The van der Waals surface area contributed by atoms with E-state index in [2.05, 4.69) is 9.62 Å². The zero-order chi connectivity index (χ0) is 16.2. The number of hydrogen-bond donors (Lipinski definition) is 3. The minimum Gasteiger partial charge on any atom is -0.395 e. The molecule has 1 aromatic heterocycles. The van der Waals surface area contributed by atoms with E-state index in [0.29, 0.717) is 6.54 Å². The molecule has 1 saturated heterocycles. The van der Waals surface area contributed by atoms with Crippen LogP contribution in [0.2, 0.25) is 0 Å². The predicted octanol–water partition coefficient (Wildman–Crippen LogP) is -0.0279. The normalized spacial score (nSPS) is 20.1. The lowest BCUT2D eigenvalue weighted by Crippen LogP contribution is -2.45. The molecule has 1 amide bonds. The maximum Gasteiger partial charge on any atom is 0.250 e. The van der Waals surface area contributed by atoms with E-state index in [0.717, 1.165) is 37.1 Å². The number of nitrogens with zero attached hydrogens (tertiary/aromatic N) is 1. The second-order valence-corrected chi connectivity index (χ2v) is 8.19. The number of amides is 1. The van der Waals surface area contributed by atoms with Crippen LogP contribution in [0.1, 0.15) is 29.6 Å². The third kappa shape index (κ3) is 4.26. The van der Waals surface area contributed by atoms with Crippen LogP contribution in [0, 0.1) is 0 Å². The monoisotopic (exact) mass is 347 g/mol. The number of hydrogen-bond acceptors (Lipinski definition) is 6. The maximum absolute atomic E-state index is 12.1. The molecule has 7 nitrogen and oxygen atoms in total. The number of nitrogens with one attached hydrogen (secondary N) is 1. The molecule has 1 aliphatic rings. The van der Waals surface area contributed by atoms with Crippen molar-refractivity contribution < 1.29 is 18.3 Å². The molecule has 1 fully saturated rings. The summed E-state index contributed by atoms with van der Waals surface area (Å²) in [4.78, 5) is 13.1. The summed E-state index contributed by atoms with van der Waals surface area (Å²) in [5.74, 6) is -0.642. The summed E-state index contributed by atoms with van der Waals surface area (Å²) in [6, 6.07) is 1.40. The Morgan fingerprint density at radius 3 is 2.91 bits per heavy atom. The average molecular weight is 347 g/mol. The predicted molar refractivity (Wildman–Crippen MR) is 84.3 cm³/mol. The highest BCUT2D eigenvalue weighted by Gasteiger charge is 2.22. The molecule has 0 radical (unpaired) electrons. The van der Waals surface area contributed by atoms with Crippen LogP contribution in [0.25, 0.3) is 0 Å². The Morgan fingerprint density at radius 1 is 1.50 bits per heavy atom. The van der Waals surface area contributed by atoms with Gasteiger partial charge in [-0.2, -0.15) is 0 Å². The van der Waals surface area contributed by atoms with Crippen LogP contribution < -0.4 is 10.5 Å². The molecule has 1 atom stereocenters. The first-order chi connectivity index (χ1) is 10.4. The van der Waals surface area contributed by atoms with Gasteiger partial charge in [0.25, 0.3) is 0 Å². The van der Waals surface area contributed by atoms with E-state index in [-0.39, 0.29) is 29.0 Å². The minimum absolute atomic E-state index is 0.0821. The highest BCUT2D eigenvalue weighted by atomic mass is 32.2. The van der Waals surface area contributed by atoms with E-state index in [4.69, 9.17) is 5.73 Å². The largest absolute Gasteiger partial charge is 0.395 e. The molecule has 2 heterocycles. The van der Waals surface area contributed by atoms with E-state index in [1.54, 1.807) is 0 Å². The fourth-order valence-corrected chi connectivity index (χ4v) is 4.78. The lowest BCUT2D eigenvalue weighted by atomic mass is 10.0. The van der Waals surface area contributed by atoms with Crippen molar-refractivity contribution >= 4 is 27.3 Å². The zero-order valence-electron chi connectivity index (χ0n) is 12.2. The molecule has 0 unspecified atom stereocenters. The van der Waals surface area contributed by atoms with Crippen molar-refractivity contribution in [3.63, 3.8) is 0 Å². The molecule has 2 rings (SSSR count). The molecule has 0 aromatic carbocycles. The Balaban J connectivity index is 1.90. The van der Waals surface area contributed by atoms with E-state index >= 15 is 0 Å². The number of piperidine rings is 1. The minimum atomic E-state index is -3.63. The molecule has 1 aromatic rings. The number of rotatable bonds is 7. The van der Waals surface area contributed by atoms with E-state index in [1.165, 1.54) is 11.4 Å². The highest BCUT2D eigenvalue weighted by Crippen LogP contribution is 2.20. The van der Waals surface area contributed by atoms with Gasteiger partial charge < -0.3 is 10.8 Å². The van der Waals surface area contributed by atoms with E-state index in [1.807, 2.05) is 0 Å². The molecule has 1 aliphatic heterocycles. The molecule has 9 heteroatoms. The lowest BCUT2D eigenvalue weighted by molar-refractivity contribution is 0.0923. The summed E-state index contributed by atoms with van der Waals surface area (Å²) in [7, 11) is -3.63. The number of likely N-dealkylation sites (tertiary alicyclic amines) is 1. The number of nitrogens with two attached hydrogens (primary N) is 1. The molecular weight excluding hydrogens is 326 g/mol. The molecular formula is C13H21N3O4S2. The number of carbonyl (C=O) groups is 1. The Kier molecular flexibility index (Phi) is 5.93. The lowest BCUT2D eigenvalue weighted by Gasteiger charge is -2.34. The summed E-state index contributed by atoms with van der Waals surface area (Å²) in [6.45, 7) is 1.79. The number of aliphatic hydroxyl groups excluding tert-OH is 1. The fourth-order valence-electron chi connectivity index (χ4n) is 2.54. The maximum atomic E-state index is 12.1. The number of thiophene rings is 1. The summed E-state index contributed by atoms with van der Waals surface area (Å²) in [6.07, 6.45) is 3.10. The van der Waals surface area contributed by atoms with Crippen LogP contribution in [0.3, 0.4) is 0 Å². The van der Waals surface area contributed by atoms with Crippen LogP contribution in [0.5, 0.6) is 0 Å². The highest BCUT2D eigenvalue weighted by molar-refractivity contribution is 7.91. The third-order valence-electron chi connectivity index (χ3n) is 3.78. The van der Waals surface area contributed by atoms with Gasteiger partial charge >= 0.3 is 0 Å². The fraction of sp³-hybridized carbons (Fsp3) is 0.615. The first-order valence-electron chi connectivity index (χ1n) is 7.17. The van der Waals surface area contributed by atoms with Crippen molar-refractivity contribution in [3.05, 3.63) is 17.0 Å². The van der Waals surface area contributed by atoms with Gasteiger partial charge in [-0.25, -0.2) is 13.1 Å². The smallest absolute Gasteiger partial charge is 0.250 e. The van der Waals surface area contributed by atoms with Gasteiger partial charge in [-0.3, -0.25) is 9.69 Å². The second kappa shape index (κ2) is 7.51. The number of aliphatic hydroxyl groups is 1. The first-order valence-corrected chi connectivity index (χ1v) is 9.53. The van der Waals surface area contributed by atoms with Gasteiger partial charge in [-0.1, -0.05) is 6.42 Å². The summed E-state index contributed by atoms with van der Waals surface area (Å²) >= 11 is 0.971. The Morgan fingerprint density at radius 2 is 2.27 bits per heavy atom. The van der Waals surface area contributed by atoms with Gasteiger partial charge in [-0.05, 0) is 25.5 Å². The third-order valence-corrected chi connectivity index (χ3v) is 6.68. The van der Waals surface area contributed by atoms with Crippen LogP contribution in [0.15, 0.2) is 15.7 Å². The Hall–Kier alpha value is -1.00. The van der Waals surface area contributed by atoms with Gasteiger partial charge in [-0.15, -0.1) is 11.3 Å². The topological polar surface area (TPSA) is 113 Å². The summed E-state index contributed by atoms with van der Waals surface area (Å²) < 4.78 is 26.9. The molecule has 0 saturated carbocycles. The molecule has 124 valence electrons. The first kappa shape index (κ1) is 17.4. The Bertz CT molecular complexity index is 615. The van der Waals surface area contributed by atoms with Gasteiger partial charge in [0.2, 0.25) is 15.9 Å². The number of carbonyl (C=O) groups excluding carboxylic acids is 1. The summed E-state index contributed by atoms with van der Waals surface area (Å²) in [5, 5.41) is 10.8. The molecule has 0 bridgehead atoms. The second-order valence-electron chi connectivity index (χ2n) is 5.28. The van der Waals surface area contributed by atoms with Crippen molar-refractivity contribution in [1.82, 2.24) is 9.62 Å². The Labute approximate surface area is 134 Å². The zero-order valence-corrected chi connectivity index (χ0v) is 13.8. The van der Waals surface area contributed by atoms with Gasteiger partial charge in [0, 0.05) is 24.5 Å². The van der Waals surface area contributed by atoms with Gasteiger partial charge in [0.05, 0.1) is 12.2 Å². The molecule has 4 N–H and O–H groups in total. The van der Waals surface area contributed by atoms with Gasteiger partial charge in [0.1, 0.15) is 4.21 Å². The van der Waals surface area contributed by atoms with E-state index in [9.17, 15) is 18.3 Å². The van der Waals surface area contributed by atoms with Crippen molar-refractivity contribution in [2.24, 2.45) is 5.73 Å². The van der Waals surface area contributed by atoms with Crippen LogP contribution >= 0.6 is 11.3 Å². The average Bonchev–Trinajstić information content (AvgIpc) is 2.98. The van der Waals surface area contributed by atoms with Gasteiger partial charge in [0.15, 0.2) is 0 Å². The van der Waals surface area contributed by atoms with Crippen LogP contribution in [-0.2, 0) is 10.0 Å². The quantitative estimate of drug-likeness (QED) is 0.641. The van der Waals surface area contributed by atoms with Crippen molar-refractivity contribution in [2.75, 3.05) is 26.2 Å². The SMILES string of the molecule is NC(=O)c1csc(S(=O)(=O)NCCN2CCCC[C@H]2CO)c1. The standard InChI is InChI=1S/C13H21N3O4S2/c14-13(18)10-7-12(21-9-10)22(19,20)15-4-6-16-5-2-1-3-11(16)8-17/h7,9,11,15,17H,1-6,8H2,(H2,14,18)/t11-/m0/s1. The number of primary amides is 1. The van der Waals surface area contributed by atoms with Crippen LogP contribution in [0.4, 0.5) is 0 Å². The van der Waals surface area contributed by atoms with Crippen LogP contribution in [-0.4, -0.2) is 56.6 Å². The number of sulfonamides is 1. The summed E-state index contributed by atoms with van der Waals surface area (Å²) in [5.41, 5.74) is 5.32. The van der Waals surface area contributed by atoms with Crippen molar-refractivity contribution in [1.29, 1.82) is 0 Å². The van der Waals surface area contributed by atoms with E-state index < -0.39 is 15.9 Å².